The number of H-pyrrole nitrogens is 1. The minimum atomic E-state index is 0.679. The van der Waals surface area contributed by atoms with Crippen LogP contribution in [0.25, 0.3) is 17.0 Å². The van der Waals surface area contributed by atoms with E-state index in [0.29, 0.717) is 5.95 Å². The summed E-state index contributed by atoms with van der Waals surface area (Å²) in [7, 11) is 0. The number of aromatic amines is 1. The summed E-state index contributed by atoms with van der Waals surface area (Å²) in [5, 5.41) is 8.04. The van der Waals surface area contributed by atoms with Gasteiger partial charge in [-0.05, 0) is 12.1 Å². The van der Waals surface area contributed by atoms with Crippen molar-refractivity contribution in [2.45, 2.75) is 0 Å². The third kappa shape index (κ3) is 0.922. The molecule has 0 saturated carbocycles. The van der Waals surface area contributed by atoms with Crippen molar-refractivity contribution in [1.29, 1.82) is 0 Å². The van der Waals surface area contributed by atoms with Crippen LogP contribution in [0.5, 0.6) is 0 Å². The summed E-state index contributed by atoms with van der Waals surface area (Å²) < 4.78 is 1.68. The molecule has 0 saturated heterocycles. The van der Waals surface area contributed by atoms with Gasteiger partial charge in [0.2, 0.25) is 5.95 Å². The van der Waals surface area contributed by atoms with Crippen molar-refractivity contribution in [3.05, 3.63) is 36.7 Å². The van der Waals surface area contributed by atoms with Gasteiger partial charge < -0.3 is 4.98 Å². The Bertz CT molecular complexity index is 551. The molecule has 0 aliphatic heterocycles. The number of aromatic nitrogens is 5. The highest BCUT2D eigenvalue weighted by atomic mass is 15.5. The zero-order valence-corrected chi connectivity index (χ0v) is 7.25. The smallest absolute Gasteiger partial charge is 0.230 e. The van der Waals surface area contributed by atoms with Crippen LogP contribution in [0, 0.1) is 0 Å². The summed E-state index contributed by atoms with van der Waals surface area (Å²) >= 11 is 0. The second-order valence-corrected chi connectivity index (χ2v) is 2.90. The number of fused-ring (bicyclic) bond motifs is 1. The lowest BCUT2D eigenvalue weighted by molar-refractivity contribution is 0.785. The lowest BCUT2D eigenvalue weighted by Gasteiger charge is -1.94. The normalized spacial score (nSPS) is 10.9. The Morgan fingerprint density at radius 2 is 2.14 bits per heavy atom. The summed E-state index contributed by atoms with van der Waals surface area (Å²) in [6.07, 6.45) is 3.44. The maximum atomic E-state index is 4.11. The molecular formula is C9H7N5. The zero-order chi connectivity index (χ0) is 9.38. The second-order valence-electron chi connectivity index (χ2n) is 2.90. The van der Waals surface area contributed by atoms with Crippen LogP contribution in [-0.4, -0.2) is 25.0 Å². The van der Waals surface area contributed by atoms with Crippen molar-refractivity contribution in [3.8, 4) is 5.95 Å². The highest BCUT2D eigenvalue weighted by Gasteiger charge is 2.05. The van der Waals surface area contributed by atoms with Gasteiger partial charge in [-0.25, -0.2) is 4.98 Å². The molecule has 5 heteroatoms. The summed E-state index contributed by atoms with van der Waals surface area (Å²) in [5.41, 5.74) is 1.81. The van der Waals surface area contributed by atoms with E-state index < -0.39 is 0 Å². The summed E-state index contributed by atoms with van der Waals surface area (Å²) in [4.78, 5) is 7.09. The molecule has 0 aliphatic rings. The van der Waals surface area contributed by atoms with E-state index >= 15 is 0 Å². The van der Waals surface area contributed by atoms with Gasteiger partial charge in [-0.2, -0.15) is 4.68 Å². The minimum Gasteiger partial charge on any atom is -0.329 e. The number of para-hydroxylation sites is 1. The van der Waals surface area contributed by atoms with Crippen LogP contribution in [0.3, 0.4) is 0 Å². The Balaban J connectivity index is 2.33. The van der Waals surface area contributed by atoms with Gasteiger partial charge in [-0.1, -0.05) is 17.3 Å². The molecule has 0 aliphatic carbocycles. The second kappa shape index (κ2) is 2.66. The predicted octanol–water partition coefficient (Wildman–Crippen LogP) is 1.14. The molecule has 5 nitrogen and oxygen atoms in total. The van der Waals surface area contributed by atoms with Crippen LogP contribution in [0.4, 0.5) is 0 Å². The largest absolute Gasteiger partial charge is 0.329 e. The van der Waals surface area contributed by atoms with E-state index in [-0.39, 0.29) is 0 Å². The Labute approximate surface area is 79.4 Å². The average molecular weight is 185 g/mol. The van der Waals surface area contributed by atoms with Crippen LogP contribution >= 0.6 is 0 Å². The molecule has 0 spiro atoms. The van der Waals surface area contributed by atoms with Gasteiger partial charge in [0.15, 0.2) is 0 Å². The van der Waals surface area contributed by atoms with Gasteiger partial charge >= 0.3 is 0 Å². The van der Waals surface area contributed by atoms with Crippen molar-refractivity contribution in [2.75, 3.05) is 0 Å². The third-order valence-electron chi connectivity index (χ3n) is 2.04. The fourth-order valence-corrected chi connectivity index (χ4v) is 1.40. The number of nitrogens with one attached hydrogen (secondary N) is 1. The molecule has 0 atom stereocenters. The molecule has 0 amide bonds. The maximum Gasteiger partial charge on any atom is 0.230 e. The van der Waals surface area contributed by atoms with Crippen LogP contribution in [0.15, 0.2) is 36.7 Å². The Hall–Kier alpha value is -2.17. The molecule has 2 aromatic heterocycles. The highest BCUT2D eigenvalue weighted by Crippen LogP contribution is 2.12. The molecule has 3 aromatic rings. The number of hydrogen-bond acceptors (Lipinski definition) is 3. The van der Waals surface area contributed by atoms with Gasteiger partial charge in [0.25, 0.3) is 0 Å². The van der Waals surface area contributed by atoms with Gasteiger partial charge in [0, 0.05) is 12.4 Å². The van der Waals surface area contributed by atoms with Crippen molar-refractivity contribution < 1.29 is 0 Å². The van der Waals surface area contributed by atoms with Crippen molar-refractivity contribution in [3.63, 3.8) is 0 Å². The first-order valence-corrected chi connectivity index (χ1v) is 4.25. The van der Waals surface area contributed by atoms with E-state index in [1.807, 2.05) is 24.3 Å². The minimum absolute atomic E-state index is 0.679. The van der Waals surface area contributed by atoms with E-state index in [1.54, 1.807) is 17.1 Å². The van der Waals surface area contributed by atoms with Gasteiger partial charge in [-0.15, -0.1) is 5.10 Å². The van der Waals surface area contributed by atoms with Crippen LogP contribution < -0.4 is 0 Å². The van der Waals surface area contributed by atoms with E-state index in [2.05, 4.69) is 20.3 Å². The highest BCUT2D eigenvalue weighted by molar-refractivity contribution is 5.75. The third-order valence-corrected chi connectivity index (χ3v) is 2.04. The standard InChI is InChI=1S/C9H7N5/c1-2-4-8-7(3-1)12-13-14(8)9-10-5-6-11-9/h1-6H,(H,10,11). The first-order chi connectivity index (χ1) is 6.95. The van der Waals surface area contributed by atoms with E-state index in [0.717, 1.165) is 11.0 Å². The first-order valence-electron chi connectivity index (χ1n) is 4.25. The molecule has 1 N–H and O–H groups in total. The van der Waals surface area contributed by atoms with E-state index in [1.165, 1.54) is 0 Å². The molecular weight excluding hydrogens is 178 g/mol. The van der Waals surface area contributed by atoms with E-state index in [9.17, 15) is 0 Å². The van der Waals surface area contributed by atoms with Gasteiger partial charge in [0.1, 0.15) is 5.52 Å². The Morgan fingerprint density at radius 1 is 1.21 bits per heavy atom. The molecule has 0 radical (unpaired) electrons. The van der Waals surface area contributed by atoms with Crippen molar-refractivity contribution in [1.82, 2.24) is 25.0 Å². The molecule has 3 rings (SSSR count). The molecule has 0 unspecified atom stereocenters. The topological polar surface area (TPSA) is 59.4 Å². The molecule has 0 bridgehead atoms. The SMILES string of the molecule is c1ccc2c(c1)nnn2-c1ncc[nH]1. The van der Waals surface area contributed by atoms with Crippen molar-refractivity contribution in [2.24, 2.45) is 0 Å². The monoisotopic (exact) mass is 185 g/mol. The molecule has 14 heavy (non-hydrogen) atoms. The van der Waals surface area contributed by atoms with Crippen LogP contribution in [-0.2, 0) is 0 Å². The summed E-state index contributed by atoms with van der Waals surface area (Å²) in [6, 6.07) is 7.76. The van der Waals surface area contributed by atoms with Gasteiger partial charge in [-0.3, -0.25) is 0 Å². The average Bonchev–Trinajstić information content (AvgIpc) is 2.85. The number of imidazole rings is 1. The number of rotatable bonds is 1. The summed E-state index contributed by atoms with van der Waals surface area (Å²) in [6.45, 7) is 0. The zero-order valence-electron chi connectivity index (χ0n) is 7.25. The Kier molecular flexibility index (Phi) is 1.38. The maximum absolute atomic E-state index is 4.11. The summed E-state index contributed by atoms with van der Waals surface area (Å²) in [5.74, 6) is 0.679. The van der Waals surface area contributed by atoms with Crippen molar-refractivity contribution >= 4 is 11.0 Å². The molecule has 2 heterocycles. The fourth-order valence-electron chi connectivity index (χ4n) is 1.40. The quantitative estimate of drug-likeness (QED) is 0.618. The number of hydrogen-bond donors (Lipinski definition) is 1. The Morgan fingerprint density at radius 3 is 3.00 bits per heavy atom. The van der Waals surface area contributed by atoms with Gasteiger partial charge in [0.05, 0.1) is 5.52 Å². The first kappa shape index (κ1) is 7.25. The number of benzene rings is 1. The van der Waals surface area contributed by atoms with Crippen LogP contribution in [0.1, 0.15) is 0 Å². The number of nitrogens with zero attached hydrogens (tertiary/aromatic N) is 4. The molecule has 0 fully saturated rings. The lowest BCUT2D eigenvalue weighted by Crippen LogP contribution is -1.98. The van der Waals surface area contributed by atoms with Crippen LogP contribution in [0.2, 0.25) is 0 Å². The fraction of sp³-hybridized carbons (Fsp3) is 0. The lowest BCUT2D eigenvalue weighted by atomic mass is 10.3. The molecule has 68 valence electrons. The van der Waals surface area contributed by atoms with E-state index in [4.69, 9.17) is 0 Å². The predicted molar refractivity (Wildman–Crippen MR) is 51.0 cm³/mol. The molecule has 1 aromatic carbocycles.